The summed E-state index contributed by atoms with van der Waals surface area (Å²) in [5.74, 6) is 0. The zero-order chi connectivity index (χ0) is 9.40. The Bertz CT molecular complexity index is 96.5. The van der Waals surface area contributed by atoms with Crippen LogP contribution in [0, 0.1) is 0 Å². The van der Waals surface area contributed by atoms with Crippen LogP contribution in [0.2, 0.25) is 0 Å². The average Bonchev–Trinajstić information content (AvgIpc) is 2.00. The van der Waals surface area contributed by atoms with E-state index in [1.807, 2.05) is 0 Å². The van der Waals surface area contributed by atoms with Crippen molar-refractivity contribution < 1.29 is 5.21 Å². The molecule has 0 bridgehead atoms. The quantitative estimate of drug-likeness (QED) is 0.574. The van der Waals surface area contributed by atoms with Crippen molar-refractivity contribution in [2.45, 2.75) is 39.2 Å². The lowest BCUT2D eigenvalue weighted by Gasteiger charge is -2.20. The summed E-state index contributed by atoms with van der Waals surface area (Å²) in [5.41, 5.74) is 0. The van der Waals surface area contributed by atoms with Crippen molar-refractivity contribution in [3.8, 4) is 0 Å². The Balaban J connectivity index is 3.54. The molecule has 1 atom stereocenters. The van der Waals surface area contributed by atoms with Crippen molar-refractivity contribution in [1.82, 2.24) is 10.4 Å². The Labute approximate surface area is 75.7 Å². The first-order chi connectivity index (χ1) is 5.70. The zero-order valence-electron chi connectivity index (χ0n) is 8.51. The van der Waals surface area contributed by atoms with Gasteiger partial charge in [0, 0.05) is 19.6 Å². The number of hydrogen-bond acceptors (Lipinski definition) is 3. The van der Waals surface area contributed by atoms with E-state index >= 15 is 0 Å². The van der Waals surface area contributed by atoms with Crippen LogP contribution in [0.25, 0.3) is 0 Å². The summed E-state index contributed by atoms with van der Waals surface area (Å²) in [5, 5.41) is 13.6. The van der Waals surface area contributed by atoms with Gasteiger partial charge in [0.2, 0.25) is 0 Å². The fraction of sp³-hybridized carbons (Fsp3) is 1.00. The summed E-state index contributed by atoms with van der Waals surface area (Å²) in [6.45, 7) is 5.97. The Kier molecular flexibility index (Phi) is 7.45. The molecule has 74 valence electrons. The molecule has 0 rings (SSSR count). The molecule has 3 heteroatoms. The van der Waals surface area contributed by atoms with Gasteiger partial charge in [0.1, 0.15) is 0 Å². The van der Waals surface area contributed by atoms with E-state index in [1.165, 1.54) is 17.9 Å². The maximum absolute atomic E-state index is 9.04. The minimum atomic E-state index is 0.435. The van der Waals surface area contributed by atoms with Gasteiger partial charge in [-0.15, -0.1) is 0 Å². The summed E-state index contributed by atoms with van der Waals surface area (Å²) >= 11 is 0. The summed E-state index contributed by atoms with van der Waals surface area (Å²) < 4.78 is 0. The van der Waals surface area contributed by atoms with Crippen molar-refractivity contribution in [3.05, 3.63) is 0 Å². The largest absolute Gasteiger partial charge is 0.314 e. The van der Waals surface area contributed by atoms with E-state index in [1.54, 1.807) is 7.05 Å². The van der Waals surface area contributed by atoms with Gasteiger partial charge >= 0.3 is 0 Å². The molecule has 0 radical (unpaired) electrons. The normalized spacial score (nSPS) is 13.8. The van der Waals surface area contributed by atoms with Crippen molar-refractivity contribution in [2.75, 3.05) is 20.1 Å². The van der Waals surface area contributed by atoms with E-state index in [0.717, 1.165) is 13.0 Å². The fourth-order valence-corrected chi connectivity index (χ4v) is 1.32. The van der Waals surface area contributed by atoms with E-state index < -0.39 is 0 Å². The molecule has 0 aliphatic heterocycles. The van der Waals surface area contributed by atoms with Crippen LogP contribution in [0.4, 0.5) is 0 Å². The first-order valence-corrected chi connectivity index (χ1v) is 4.84. The molecule has 0 aromatic heterocycles. The SMILES string of the molecule is CCCCC(CN(C)O)NCC. The van der Waals surface area contributed by atoms with Gasteiger partial charge in [-0.25, -0.2) is 0 Å². The molecular formula is C9H22N2O. The molecule has 3 nitrogen and oxygen atoms in total. The van der Waals surface area contributed by atoms with Crippen LogP contribution in [0.5, 0.6) is 0 Å². The van der Waals surface area contributed by atoms with Crippen molar-refractivity contribution in [2.24, 2.45) is 0 Å². The van der Waals surface area contributed by atoms with E-state index in [0.29, 0.717) is 12.6 Å². The Morgan fingerprint density at radius 2 is 2.08 bits per heavy atom. The topological polar surface area (TPSA) is 35.5 Å². The molecule has 0 fully saturated rings. The van der Waals surface area contributed by atoms with Crippen molar-refractivity contribution in [3.63, 3.8) is 0 Å². The first kappa shape index (κ1) is 11.9. The highest BCUT2D eigenvalue weighted by molar-refractivity contribution is 4.66. The summed E-state index contributed by atoms with van der Waals surface area (Å²) in [6, 6.07) is 0.435. The molecule has 2 N–H and O–H groups in total. The molecule has 0 heterocycles. The predicted molar refractivity (Wildman–Crippen MR) is 51.4 cm³/mol. The molecule has 0 saturated heterocycles. The van der Waals surface area contributed by atoms with Crippen LogP contribution in [-0.2, 0) is 0 Å². The Hall–Kier alpha value is -0.120. The molecule has 12 heavy (non-hydrogen) atoms. The van der Waals surface area contributed by atoms with Crippen LogP contribution in [-0.4, -0.2) is 36.4 Å². The number of nitrogens with zero attached hydrogens (tertiary/aromatic N) is 1. The standard InChI is InChI=1S/C9H22N2O/c1-4-6-7-9(10-5-2)8-11(3)12/h9-10,12H,4-8H2,1-3H3. The van der Waals surface area contributed by atoms with Gasteiger partial charge in [0.25, 0.3) is 0 Å². The third kappa shape index (κ3) is 6.58. The lowest BCUT2D eigenvalue weighted by Crippen LogP contribution is -2.38. The lowest BCUT2D eigenvalue weighted by molar-refractivity contribution is -0.0715. The van der Waals surface area contributed by atoms with E-state index in [9.17, 15) is 0 Å². The zero-order valence-corrected chi connectivity index (χ0v) is 8.51. The molecule has 0 saturated carbocycles. The van der Waals surface area contributed by atoms with Crippen molar-refractivity contribution in [1.29, 1.82) is 0 Å². The first-order valence-electron chi connectivity index (χ1n) is 4.84. The highest BCUT2D eigenvalue weighted by Gasteiger charge is 2.07. The molecule has 0 aliphatic rings. The number of rotatable bonds is 7. The van der Waals surface area contributed by atoms with Gasteiger partial charge in [0.05, 0.1) is 0 Å². The third-order valence-corrected chi connectivity index (χ3v) is 1.88. The number of unbranched alkanes of at least 4 members (excludes halogenated alkanes) is 1. The van der Waals surface area contributed by atoms with Gasteiger partial charge < -0.3 is 10.5 Å². The Morgan fingerprint density at radius 3 is 2.50 bits per heavy atom. The highest BCUT2D eigenvalue weighted by Crippen LogP contribution is 2.00. The van der Waals surface area contributed by atoms with Crippen LogP contribution in [0.1, 0.15) is 33.1 Å². The molecule has 1 unspecified atom stereocenters. The van der Waals surface area contributed by atoms with E-state index in [-0.39, 0.29) is 0 Å². The van der Waals surface area contributed by atoms with Crippen LogP contribution in [0.3, 0.4) is 0 Å². The monoisotopic (exact) mass is 174 g/mol. The minimum Gasteiger partial charge on any atom is -0.314 e. The van der Waals surface area contributed by atoms with Gasteiger partial charge in [-0.05, 0) is 13.0 Å². The summed E-state index contributed by atoms with van der Waals surface area (Å²) in [7, 11) is 1.69. The number of hydroxylamine groups is 2. The van der Waals surface area contributed by atoms with Gasteiger partial charge in [-0.2, -0.15) is 5.06 Å². The maximum atomic E-state index is 9.04. The molecule has 0 aromatic rings. The fourth-order valence-electron chi connectivity index (χ4n) is 1.32. The van der Waals surface area contributed by atoms with Crippen molar-refractivity contribution >= 4 is 0 Å². The van der Waals surface area contributed by atoms with Gasteiger partial charge in [-0.1, -0.05) is 26.7 Å². The van der Waals surface area contributed by atoms with E-state index in [2.05, 4.69) is 19.2 Å². The molecule has 0 aliphatic carbocycles. The second kappa shape index (κ2) is 7.53. The summed E-state index contributed by atoms with van der Waals surface area (Å²) in [6.07, 6.45) is 3.60. The smallest absolute Gasteiger partial charge is 0.0388 e. The minimum absolute atomic E-state index is 0.435. The number of hydrogen-bond donors (Lipinski definition) is 2. The number of likely N-dealkylation sites (N-methyl/N-ethyl adjacent to an activating group) is 2. The Morgan fingerprint density at radius 1 is 1.42 bits per heavy atom. The highest BCUT2D eigenvalue weighted by atomic mass is 16.5. The van der Waals surface area contributed by atoms with Crippen LogP contribution < -0.4 is 5.32 Å². The predicted octanol–water partition coefficient (Wildman–Crippen LogP) is 1.48. The van der Waals surface area contributed by atoms with Crippen LogP contribution in [0.15, 0.2) is 0 Å². The average molecular weight is 174 g/mol. The lowest BCUT2D eigenvalue weighted by atomic mass is 10.1. The van der Waals surface area contributed by atoms with Crippen LogP contribution >= 0.6 is 0 Å². The third-order valence-electron chi connectivity index (χ3n) is 1.88. The molecule has 0 spiro atoms. The second-order valence-electron chi connectivity index (χ2n) is 3.24. The van der Waals surface area contributed by atoms with E-state index in [4.69, 9.17) is 5.21 Å². The molecule has 0 amide bonds. The second-order valence-corrected chi connectivity index (χ2v) is 3.24. The molecule has 0 aromatic carbocycles. The maximum Gasteiger partial charge on any atom is 0.0388 e. The van der Waals surface area contributed by atoms with Gasteiger partial charge in [0.15, 0.2) is 0 Å². The van der Waals surface area contributed by atoms with Gasteiger partial charge in [-0.3, -0.25) is 0 Å². The molecular weight excluding hydrogens is 152 g/mol. The number of nitrogens with one attached hydrogen (secondary N) is 1. The summed E-state index contributed by atoms with van der Waals surface area (Å²) in [4.78, 5) is 0.